The average molecular weight is 427 g/mol. The number of rotatable bonds is 5. The molecular weight excluding hydrogens is 403 g/mol. The molecule has 1 fully saturated rings. The minimum absolute atomic E-state index is 0.0940. The zero-order valence-electron chi connectivity index (χ0n) is 16.4. The SMILES string of the molecule is CC(C(=O)Nc1ccccc1)n1cc(CC2CCCCN2)nn1.O=C(O)C(F)(F)F. The molecule has 2 atom stereocenters. The summed E-state index contributed by atoms with van der Waals surface area (Å²) in [5.74, 6) is -2.85. The predicted octanol–water partition coefficient (Wildman–Crippen LogP) is 2.80. The number of nitrogens with one attached hydrogen (secondary N) is 2. The predicted molar refractivity (Wildman–Crippen MR) is 103 cm³/mol. The number of halogens is 3. The van der Waals surface area contributed by atoms with Gasteiger partial charge in [-0.05, 0) is 38.4 Å². The van der Waals surface area contributed by atoms with Crippen molar-refractivity contribution in [3.8, 4) is 0 Å². The summed E-state index contributed by atoms with van der Waals surface area (Å²) in [7, 11) is 0. The summed E-state index contributed by atoms with van der Waals surface area (Å²) in [6.07, 6.45) is 1.36. The third kappa shape index (κ3) is 7.47. The first kappa shape index (κ1) is 23.3. The Kier molecular flexibility index (Phi) is 8.34. The maximum Gasteiger partial charge on any atom is 0.490 e. The zero-order chi connectivity index (χ0) is 22.1. The number of piperidine rings is 1. The number of benzene rings is 1. The smallest absolute Gasteiger partial charge is 0.475 e. The van der Waals surface area contributed by atoms with Gasteiger partial charge in [-0.15, -0.1) is 5.10 Å². The van der Waals surface area contributed by atoms with Gasteiger partial charge in [-0.3, -0.25) is 4.79 Å². The Morgan fingerprint density at radius 1 is 1.30 bits per heavy atom. The minimum Gasteiger partial charge on any atom is -0.475 e. The van der Waals surface area contributed by atoms with Crippen molar-refractivity contribution in [2.24, 2.45) is 0 Å². The van der Waals surface area contributed by atoms with Gasteiger partial charge in [0.25, 0.3) is 0 Å². The number of nitrogens with zero attached hydrogens (tertiary/aromatic N) is 3. The van der Waals surface area contributed by atoms with E-state index in [2.05, 4.69) is 20.9 Å². The van der Waals surface area contributed by atoms with Crippen LogP contribution in [0.15, 0.2) is 36.5 Å². The fourth-order valence-corrected chi connectivity index (χ4v) is 2.84. The second-order valence-corrected chi connectivity index (χ2v) is 6.88. The van der Waals surface area contributed by atoms with Crippen LogP contribution in [0.3, 0.4) is 0 Å². The maximum atomic E-state index is 12.3. The number of alkyl halides is 3. The number of anilines is 1. The third-order valence-electron chi connectivity index (χ3n) is 4.49. The van der Waals surface area contributed by atoms with Crippen molar-refractivity contribution in [1.29, 1.82) is 0 Å². The molecule has 8 nitrogen and oxygen atoms in total. The van der Waals surface area contributed by atoms with Crippen molar-refractivity contribution < 1.29 is 27.9 Å². The van der Waals surface area contributed by atoms with Crippen LogP contribution < -0.4 is 10.6 Å². The third-order valence-corrected chi connectivity index (χ3v) is 4.49. The molecule has 11 heteroatoms. The molecule has 2 aromatic rings. The van der Waals surface area contributed by atoms with Crippen LogP contribution in [-0.2, 0) is 16.0 Å². The second kappa shape index (κ2) is 10.7. The lowest BCUT2D eigenvalue weighted by atomic mass is 10.0. The summed E-state index contributed by atoms with van der Waals surface area (Å²) < 4.78 is 33.4. The Bertz CT molecular complexity index is 820. The molecule has 0 radical (unpaired) electrons. The van der Waals surface area contributed by atoms with Crippen LogP contribution in [0.1, 0.15) is 37.9 Å². The van der Waals surface area contributed by atoms with Crippen LogP contribution in [0.5, 0.6) is 0 Å². The zero-order valence-corrected chi connectivity index (χ0v) is 16.4. The van der Waals surface area contributed by atoms with Crippen molar-refractivity contribution in [3.05, 3.63) is 42.2 Å². The van der Waals surface area contributed by atoms with Crippen LogP contribution in [0.25, 0.3) is 0 Å². The van der Waals surface area contributed by atoms with Crippen molar-refractivity contribution in [1.82, 2.24) is 20.3 Å². The normalized spacial score (nSPS) is 17.4. The number of amides is 1. The maximum absolute atomic E-state index is 12.3. The first-order valence-corrected chi connectivity index (χ1v) is 9.47. The highest BCUT2D eigenvalue weighted by molar-refractivity contribution is 5.93. The molecule has 1 saturated heterocycles. The molecular formula is C19H24F3N5O3. The van der Waals surface area contributed by atoms with Crippen molar-refractivity contribution >= 4 is 17.6 Å². The molecule has 0 aliphatic carbocycles. The van der Waals surface area contributed by atoms with Gasteiger partial charge in [0.2, 0.25) is 5.91 Å². The second-order valence-electron chi connectivity index (χ2n) is 6.88. The van der Waals surface area contributed by atoms with E-state index in [0.717, 1.165) is 24.3 Å². The highest BCUT2D eigenvalue weighted by atomic mass is 19.4. The van der Waals surface area contributed by atoms with E-state index in [0.29, 0.717) is 6.04 Å². The molecule has 0 bridgehead atoms. The molecule has 164 valence electrons. The van der Waals surface area contributed by atoms with Gasteiger partial charge in [-0.2, -0.15) is 13.2 Å². The van der Waals surface area contributed by atoms with Gasteiger partial charge in [0.15, 0.2) is 0 Å². The number of carbonyl (C=O) groups excluding carboxylic acids is 1. The van der Waals surface area contributed by atoms with Crippen LogP contribution in [0.4, 0.5) is 18.9 Å². The molecule has 1 aromatic carbocycles. The van der Waals surface area contributed by atoms with Gasteiger partial charge in [-0.25, -0.2) is 9.48 Å². The molecule has 1 aliphatic heterocycles. The number of para-hydroxylation sites is 1. The molecule has 30 heavy (non-hydrogen) atoms. The lowest BCUT2D eigenvalue weighted by Crippen LogP contribution is -2.35. The highest BCUT2D eigenvalue weighted by Crippen LogP contribution is 2.14. The molecule has 0 spiro atoms. The Labute approximate surface area is 171 Å². The van der Waals surface area contributed by atoms with E-state index in [4.69, 9.17) is 9.90 Å². The number of carboxylic acids is 1. The molecule has 3 rings (SSSR count). The number of hydrogen-bond acceptors (Lipinski definition) is 5. The van der Waals surface area contributed by atoms with E-state index < -0.39 is 18.2 Å². The highest BCUT2D eigenvalue weighted by Gasteiger charge is 2.38. The van der Waals surface area contributed by atoms with E-state index in [9.17, 15) is 18.0 Å². The molecule has 3 N–H and O–H groups in total. The number of carbonyl (C=O) groups is 2. The standard InChI is InChI=1S/C17H23N5O.C2HF3O2/c1-13(17(23)19-14-7-3-2-4-8-14)22-12-16(20-21-22)11-15-9-5-6-10-18-15;3-2(4,5)1(6)7/h2-4,7-8,12-13,15,18H,5-6,9-11H2,1H3,(H,19,23);(H,6,7). The summed E-state index contributed by atoms with van der Waals surface area (Å²) in [6, 6.07) is 9.52. The van der Waals surface area contributed by atoms with Crippen LogP contribution in [-0.4, -0.2) is 50.7 Å². The van der Waals surface area contributed by atoms with Crippen LogP contribution in [0.2, 0.25) is 0 Å². The van der Waals surface area contributed by atoms with E-state index in [1.165, 1.54) is 19.3 Å². The van der Waals surface area contributed by atoms with Gasteiger partial charge >= 0.3 is 12.1 Å². The first-order chi connectivity index (χ1) is 14.2. The Hall–Kier alpha value is -2.95. The summed E-state index contributed by atoms with van der Waals surface area (Å²) >= 11 is 0. The van der Waals surface area contributed by atoms with Crippen molar-refractivity contribution in [3.63, 3.8) is 0 Å². The summed E-state index contributed by atoms with van der Waals surface area (Å²) in [5, 5.41) is 21.9. The summed E-state index contributed by atoms with van der Waals surface area (Å²) in [6.45, 7) is 2.91. The van der Waals surface area contributed by atoms with Crippen LogP contribution in [0, 0.1) is 0 Å². The average Bonchev–Trinajstić information content (AvgIpc) is 3.17. The molecule has 2 unspecified atom stereocenters. The lowest BCUT2D eigenvalue weighted by Gasteiger charge is -2.22. The fraction of sp³-hybridized carbons (Fsp3) is 0.474. The van der Waals surface area contributed by atoms with Crippen molar-refractivity contribution in [2.45, 2.75) is 50.9 Å². The molecule has 1 amide bonds. The number of carboxylic acid groups (broad SMARTS) is 1. The van der Waals surface area contributed by atoms with Gasteiger partial charge in [0.1, 0.15) is 6.04 Å². The Morgan fingerprint density at radius 2 is 1.97 bits per heavy atom. The molecule has 1 aromatic heterocycles. The number of aliphatic carboxylic acids is 1. The van der Waals surface area contributed by atoms with E-state index in [1.807, 2.05) is 43.5 Å². The summed E-state index contributed by atoms with van der Waals surface area (Å²) in [4.78, 5) is 21.2. The molecule has 2 heterocycles. The molecule has 1 aliphatic rings. The topological polar surface area (TPSA) is 109 Å². The van der Waals surface area contributed by atoms with E-state index >= 15 is 0 Å². The van der Waals surface area contributed by atoms with Crippen LogP contribution >= 0.6 is 0 Å². The Balaban J connectivity index is 0.000000396. The van der Waals surface area contributed by atoms with E-state index in [-0.39, 0.29) is 5.91 Å². The molecule has 0 saturated carbocycles. The largest absolute Gasteiger partial charge is 0.490 e. The number of hydrogen-bond donors (Lipinski definition) is 3. The Morgan fingerprint density at radius 3 is 2.53 bits per heavy atom. The number of aromatic nitrogens is 3. The van der Waals surface area contributed by atoms with Crippen molar-refractivity contribution in [2.75, 3.05) is 11.9 Å². The van der Waals surface area contributed by atoms with Gasteiger partial charge < -0.3 is 15.7 Å². The fourth-order valence-electron chi connectivity index (χ4n) is 2.84. The monoisotopic (exact) mass is 427 g/mol. The minimum atomic E-state index is -5.08. The van der Waals surface area contributed by atoms with E-state index in [1.54, 1.807) is 4.68 Å². The van der Waals surface area contributed by atoms with Gasteiger partial charge in [-0.1, -0.05) is 29.8 Å². The van der Waals surface area contributed by atoms with Gasteiger partial charge in [0, 0.05) is 24.3 Å². The quantitative estimate of drug-likeness (QED) is 0.677. The summed E-state index contributed by atoms with van der Waals surface area (Å²) in [5.41, 5.74) is 1.72. The first-order valence-electron chi connectivity index (χ1n) is 9.47. The lowest BCUT2D eigenvalue weighted by molar-refractivity contribution is -0.192. The van der Waals surface area contributed by atoms with Gasteiger partial charge in [0.05, 0.1) is 5.69 Å².